The van der Waals surface area contributed by atoms with Crippen molar-refractivity contribution < 1.29 is 4.79 Å². The molecule has 0 spiro atoms. The highest BCUT2D eigenvalue weighted by atomic mass is 16.1. The summed E-state index contributed by atoms with van der Waals surface area (Å²) in [7, 11) is 0. The van der Waals surface area contributed by atoms with Gasteiger partial charge >= 0.3 is 0 Å². The average Bonchev–Trinajstić information content (AvgIpc) is 3.03. The summed E-state index contributed by atoms with van der Waals surface area (Å²) in [5.41, 5.74) is 3.81. The number of imidazole rings is 1. The SMILES string of the molecule is CC1(C)CCC[C@@H]([C@@H]2C3=C(C=CCC3)c3cncn32)C1=O. The number of hydrogen-bond donors (Lipinski definition) is 0. The molecule has 2 atom stereocenters. The summed E-state index contributed by atoms with van der Waals surface area (Å²) in [5, 5.41) is 0. The van der Waals surface area contributed by atoms with Gasteiger partial charge in [-0.15, -0.1) is 0 Å². The summed E-state index contributed by atoms with van der Waals surface area (Å²) >= 11 is 0. The largest absolute Gasteiger partial charge is 0.323 e. The molecule has 0 radical (unpaired) electrons. The molecule has 1 aromatic rings. The van der Waals surface area contributed by atoms with E-state index in [1.807, 2.05) is 12.5 Å². The number of Topliss-reactive ketones (excluding diaryl/α,β-unsaturated/α-hetero) is 1. The van der Waals surface area contributed by atoms with Crippen molar-refractivity contribution in [2.45, 2.75) is 52.0 Å². The van der Waals surface area contributed by atoms with Gasteiger partial charge in [-0.2, -0.15) is 0 Å². The average molecular weight is 282 g/mol. The zero-order valence-corrected chi connectivity index (χ0v) is 12.8. The molecule has 110 valence electrons. The first-order valence-corrected chi connectivity index (χ1v) is 8.06. The number of fused-ring (bicyclic) bond motifs is 2. The predicted octanol–water partition coefficient (Wildman–Crippen LogP) is 3.94. The highest BCUT2D eigenvalue weighted by molar-refractivity contribution is 5.89. The second-order valence-corrected chi connectivity index (χ2v) is 7.26. The fourth-order valence-electron chi connectivity index (χ4n) is 4.40. The molecule has 2 aliphatic carbocycles. The van der Waals surface area contributed by atoms with Gasteiger partial charge in [0.1, 0.15) is 5.78 Å². The van der Waals surface area contributed by atoms with Crippen molar-refractivity contribution >= 4 is 11.4 Å². The lowest BCUT2D eigenvalue weighted by Gasteiger charge is -2.38. The Bertz CT molecular complexity index is 663. The molecular weight excluding hydrogens is 260 g/mol. The highest BCUT2D eigenvalue weighted by Gasteiger charge is 2.45. The van der Waals surface area contributed by atoms with Gasteiger partial charge in [0.05, 0.1) is 24.3 Å². The Morgan fingerprint density at radius 2 is 2.24 bits per heavy atom. The lowest BCUT2D eigenvalue weighted by atomic mass is 9.67. The standard InChI is InChI=1S/C18H22N2O/c1-18(2)9-5-8-14(17(18)21)16-13-7-4-3-6-12(13)15-10-19-11-20(15)16/h3,6,10-11,14,16H,4-5,7-9H2,1-2H3/t14-,16-/m0/s1. The van der Waals surface area contributed by atoms with Gasteiger partial charge in [0.15, 0.2) is 0 Å². The zero-order chi connectivity index (χ0) is 14.6. The van der Waals surface area contributed by atoms with Crippen LogP contribution >= 0.6 is 0 Å². The van der Waals surface area contributed by atoms with Crippen LogP contribution in [0.3, 0.4) is 0 Å². The molecule has 2 heterocycles. The van der Waals surface area contributed by atoms with Crippen LogP contribution in [0.4, 0.5) is 0 Å². The van der Waals surface area contributed by atoms with Crippen LogP contribution in [0.15, 0.2) is 30.2 Å². The molecule has 1 fully saturated rings. The van der Waals surface area contributed by atoms with Crippen LogP contribution in [-0.2, 0) is 4.79 Å². The molecule has 4 rings (SSSR count). The molecule has 0 saturated heterocycles. The number of rotatable bonds is 1. The third-order valence-corrected chi connectivity index (χ3v) is 5.51. The maximum absolute atomic E-state index is 13.0. The Morgan fingerprint density at radius 1 is 1.38 bits per heavy atom. The van der Waals surface area contributed by atoms with E-state index in [-0.39, 0.29) is 17.4 Å². The number of carbonyl (C=O) groups excluding carboxylic acids is 1. The van der Waals surface area contributed by atoms with E-state index in [2.05, 4.69) is 35.6 Å². The summed E-state index contributed by atoms with van der Waals surface area (Å²) in [6.45, 7) is 4.22. The normalized spacial score (nSPS) is 30.5. The smallest absolute Gasteiger partial charge is 0.143 e. The van der Waals surface area contributed by atoms with Crippen molar-refractivity contribution in [2.75, 3.05) is 0 Å². The van der Waals surface area contributed by atoms with Crippen molar-refractivity contribution in [2.24, 2.45) is 11.3 Å². The van der Waals surface area contributed by atoms with E-state index in [1.165, 1.54) is 16.8 Å². The van der Waals surface area contributed by atoms with Crippen molar-refractivity contribution in [1.29, 1.82) is 0 Å². The molecular formula is C18H22N2O. The van der Waals surface area contributed by atoms with Crippen molar-refractivity contribution in [3.05, 3.63) is 35.9 Å². The topological polar surface area (TPSA) is 34.9 Å². The molecule has 3 aliphatic rings. The fraction of sp³-hybridized carbons (Fsp3) is 0.556. The number of allylic oxidation sites excluding steroid dienone is 4. The lowest BCUT2D eigenvalue weighted by molar-refractivity contribution is -0.135. The van der Waals surface area contributed by atoms with E-state index in [1.54, 1.807) is 0 Å². The van der Waals surface area contributed by atoms with Gasteiger partial charge in [0.2, 0.25) is 0 Å². The molecule has 0 aromatic carbocycles. The fourth-order valence-corrected chi connectivity index (χ4v) is 4.40. The monoisotopic (exact) mass is 282 g/mol. The number of hydrogen-bond acceptors (Lipinski definition) is 2. The van der Waals surface area contributed by atoms with E-state index in [0.29, 0.717) is 5.78 Å². The van der Waals surface area contributed by atoms with Crippen molar-refractivity contribution in [3.8, 4) is 0 Å². The molecule has 3 heteroatoms. The predicted molar refractivity (Wildman–Crippen MR) is 82.7 cm³/mol. The second kappa shape index (κ2) is 4.43. The van der Waals surface area contributed by atoms with E-state index in [0.717, 1.165) is 32.1 Å². The minimum Gasteiger partial charge on any atom is -0.323 e. The summed E-state index contributed by atoms with van der Waals surface area (Å²) in [6.07, 6.45) is 13.7. The molecule has 1 aromatic heterocycles. The number of aromatic nitrogens is 2. The summed E-state index contributed by atoms with van der Waals surface area (Å²) in [5.74, 6) is 0.572. The van der Waals surface area contributed by atoms with E-state index in [4.69, 9.17) is 0 Å². The molecule has 0 N–H and O–H groups in total. The maximum atomic E-state index is 13.0. The maximum Gasteiger partial charge on any atom is 0.143 e. The molecule has 21 heavy (non-hydrogen) atoms. The van der Waals surface area contributed by atoms with E-state index >= 15 is 0 Å². The van der Waals surface area contributed by atoms with Crippen LogP contribution in [-0.4, -0.2) is 15.3 Å². The zero-order valence-electron chi connectivity index (χ0n) is 12.8. The van der Waals surface area contributed by atoms with Crippen LogP contribution in [0.1, 0.15) is 57.7 Å². The second-order valence-electron chi connectivity index (χ2n) is 7.26. The van der Waals surface area contributed by atoms with Crippen LogP contribution < -0.4 is 0 Å². The van der Waals surface area contributed by atoms with Crippen LogP contribution in [0.5, 0.6) is 0 Å². The van der Waals surface area contributed by atoms with Gasteiger partial charge in [-0.05, 0) is 31.3 Å². The molecule has 1 saturated carbocycles. The van der Waals surface area contributed by atoms with Gasteiger partial charge in [0, 0.05) is 16.9 Å². The van der Waals surface area contributed by atoms with Gasteiger partial charge in [-0.1, -0.05) is 32.4 Å². The number of nitrogens with zero attached hydrogens (tertiary/aromatic N) is 2. The Morgan fingerprint density at radius 3 is 3.10 bits per heavy atom. The first-order valence-electron chi connectivity index (χ1n) is 8.06. The van der Waals surface area contributed by atoms with Gasteiger partial charge in [0.25, 0.3) is 0 Å². The molecule has 0 unspecified atom stereocenters. The first-order chi connectivity index (χ1) is 10.1. The van der Waals surface area contributed by atoms with E-state index < -0.39 is 0 Å². The Hall–Kier alpha value is -1.64. The summed E-state index contributed by atoms with van der Waals surface area (Å²) < 4.78 is 2.25. The van der Waals surface area contributed by atoms with Gasteiger partial charge < -0.3 is 4.57 Å². The van der Waals surface area contributed by atoms with Crippen molar-refractivity contribution in [1.82, 2.24) is 9.55 Å². The molecule has 1 aliphatic heterocycles. The quantitative estimate of drug-likeness (QED) is 0.782. The summed E-state index contributed by atoms with van der Waals surface area (Å²) in [4.78, 5) is 17.3. The number of ketones is 1. The van der Waals surface area contributed by atoms with Crippen LogP contribution in [0.2, 0.25) is 0 Å². The van der Waals surface area contributed by atoms with Gasteiger partial charge in [-0.25, -0.2) is 4.98 Å². The van der Waals surface area contributed by atoms with Crippen LogP contribution in [0, 0.1) is 11.3 Å². The highest BCUT2D eigenvalue weighted by Crippen LogP contribution is 2.50. The summed E-state index contributed by atoms with van der Waals surface area (Å²) in [6, 6.07) is 0.217. The minimum absolute atomic E-state index is 0.126. The van der Waals surface area contributed by atoms with Crippen LogP contribution in [0.25, 0.3) is 5.57 Å². The lowest BCUT2D eigenvalue weighted by Crippen LogP contribution is -2.39. The van der Waals surface area contributed by atoms with Gasteiger partial charge in [-0.3, -0.25) is 4.79 Å². The first kappa shape index (κ1) is 13.1. The Labute approximate surface area is 125 Å². The Balaban J connectivity index is 1.80. The third kappa shape index (κ3) is 1.79. The van der Waals surface area contributed by atoms with Crippen molar-refractivity contribution in [3.63, 3.8) is 0 Å². The molecule has 0 amide bonds. The third-order valence-electron chi connectivity index (χ3n) is 5.51. The Kier molecular flexibility index (Phi) is 2.75. The molecule has 3 nitrogen and oxygen atoms in total. The van der Waals surface area contributed by atoms with E-state index in [9.17, 15) is 4.79 Å². The number of carbonyl (C=O) groups is 1. The molecule has 0 bridgehead atoms. The minimum atomic E-state index is -0.169.